The largest absolute Gasteiger partial charge is 0.458 e. The van der Waals surface area contributed by atoms with Crippen LogP contribution in [0.5, 0.6) is 0 Å². The molecule has 1 aliphatic carbocycles. The third-order valence-corrected chi connectivity index (χ3v) is 7.73. The first-order valence-corrected chi connectivity index (χ1v) is 12.2. The number of thiophene rings is 1. The summed E-state index contributed by atoms with van der Waals surface area (Å²) in [4.78, 5) is 44.3. The number of amides is 1. The van der Waals surface area contributed by atoms with E-state index in [2.05, 4.69) is 10.3 Å². The van der Waals surface area contributed by atoms with E-state index in [1.807, 2.05) is 32.0 Å². The van der Waals surface area contributed by atoms with Crippen molar-refractivity contribution < 1.29 is 14.3 Å². The van der Waals surface area contributed by atoms with Gasteiger partial charge in [0.2, 0.25) is 5.91 Å². The quantitative estimate of drug-likeness (QED) is 0.529. The molecule has 2 aromatic heterocycles. The van der Waals surface area contributed by atoms with Crippen LogP contribution in [0.3, 0.4) is 0 Å². The van der Waals surface area contributed by atoms with E-state index in [4.69, 9.17) is 4.74 Å². The number of hydrogen-bond acceptors (Lipinski definition) is 6. The first kappa shape index (κ1) is 23.2. The van der Waals surface area contributed by atoms with Crippen LogP contribution in [-0.2, 0) is 9.53 Å². The Labute approximate surface area is 196 Å². The van der Waals surface area contributed by atoms with Crippen molar-refractivity contribution in [1.29, 1.82) is 0 Å². The molecular formula is C25H29N3O4S. The summed E-state index contributed by atoms with van der Waals surface area (Å²) >= 11 is 1.17. The lowest BCUT2D eigenvalue weighted by atomic mass is 9.98. The Kier molecular flexibility index (Phi) is 6.65. The van der Waals surface area contributed by atoms with Crippen LogP contribution >= 0.6 is 11.3 Å². The van der Waals surface area contributed by atoms with E-state index >= 15 is 0 Å². The van der Waals surface area contributed by atoms with E-state index in [1.54, 1.807) is 13.8 Å². The van der Waals surface area contributed by atoms with Gasteiger partial charge in [0.1, 0.15) is 21.9 Å². The Morgan fingerprint density at radius 1 is 1.15 bits per heavy atom. The molecule has 1 saturated carbocycles. The lowest BCUT2D eigenvalue weighted by Crippen LogP contribution is -2.32. The van der Waals surface area contributed by atoms with Crippen molar-refractivity contribution in [3.05, 3.63) is 56.4 Å². The van der Waals surface area contributed by atoms with Gasteiger partial charge in [-0.3, -0.25) is 14.2 Å². The average molecular weight is 468 g/mol. The van der Waals surface area contributed by atoms with Gasteiger partial charge in [-0.05, 0) is 76.1 Å². The van der Waals surface area contributed by atoms with Crippen molar-refractivity contribution >= 4 is 39.1 Å². The number of esters is 1. The van der Waals surface area contributed by atoms with E-state index in [1.165, 1.54) is 28.7 Å². The predicted octanol–water partition coefficient (Wildman–Crippen LogP) is 5.07. The summed E-state index contributed by atoms with van der Waals surface area (Å²) in [7, 11) is 0. The molecule has 0 aliphatic heterocycles. The molecule has 8 heteroatoms. The van der Waals surface area contributed by atoms with Gasteiger partial charge in [0, 0.05) is 5.69 Å². The van der Waals surface area contributed by atoms with E-state index in [0.29, 0.717) is 26.3 Å². The van der Waals surface area contributed by atoms with Gasteiger partial charge < -0.3 is 10.1 Å². The molecule has 2 heterocycles. The number of rotatable bonds is 5. The van der Waals surface area contributed by atoms with E-state index in [9.17, 15) is 14.4 Å². The van der Waals surface area contributed by atoms with Crippen LogP contribution in [0.4, 0.5) is 5.69 Å². The van der Waals surface area contributed by atoms with Gasteiger partial charge in [-0.15, -0.1) is 11.3 Å². The van der Waals surface area contributed by atoms with Crippen LogP contribution in [0, 0.1) is 20.8 Å². The molecule has 1 aromatic carbocycles. The van der Waals surface area contributed by atoms with Crippen LogP contribution in [0.25, 0.3) is 10.2 Å². The Morgan fingerprint density at radius 2 is 1.88 bits per heavy atom. The summed E-state index contributed by atoms with van der Waals surface area (Å²) in [6.45, 7) is 7.32. The molecule has 1 N–H and O–H groups in total. The van der Waals surface area contributed by atoms with Crippen LogP contribution in [0.15, 0.2) is 29.3 Å². The number of ether oxygens (including phenoxy) is 1. The monoisotopic (exact) mass is 467 g/mol. The van der Waals surface area contributed by atoms with E-state index < -0.39 is 12.0 Å². The molecule has 1 unspecified atom stereocenters. The predicted molar refractivity (Wildman–Crippen MR) is 130 cm³/mol. The topological polar surface area (TPSA) is 90.3 Å². The summed E-state index contributed by atoms with van der Waals surface area (Å²) in [5.41, 5.74) is 2.99. The number of hydrogen-bond donors (Lipinski definition) is 1. The second kappa shape index (κ2) is 9.47. The number of anilines is 1. The van der Waals surface area contributed by atoms with E-state index in [-0.39, 0.29) is 17.6 Å². The molecule has 1 amide bonds. The molecular weight excluding hydrogens is 438 g/mol. The molecule has 33 heavy (non-hydrogen) atoms. The molecule has 3 aromatic rings. The number of nitrogens with one attached hydrogen (secondary N) is 1. The Balaban J connectivity index is 1.60. The number of aryl methyl sites for hydroxylation is 2. The van der Waals surface area contributed by atoms with Crippen molar-refractivity contribution in [3.8, 4) is 0 Å². The molecule has 0 radical (unpaired) electrons. The molecule has 1 aliphatic rings. The normalized spacial score (nSPS) is 15.4. The highest BCUT2D eigenvalue weighted by molar-refractivity contribution is 7.20. The zero-order chi connectivity index (χ0) is 23.7. The Bertz CT molecular complexity index is 1270. The highest BCUT2D eigenvalue weighted by Crippen LogP contribution is 2.30. The SMILES string of the molecule is Cc1cccc(NC(=O)C(C)n2cnc3sc(C(=O)OC4CCCCC4)c(C)c3c2=O)c1C. The number of aromatic nitrogens is 2. The van der Waals surface area contributed by atoms with Gasteiger partial charge in [0.25, 0.3) is 5.56 Å². The minimum absolute atomic E-state index is 0.0609. The van der Waals surface area contributed by atoms with Crippen molar-refractivity contribution in [2.45, 2.75) is 71.9 Å². The standard InChI is InChI=1S/C25H29N3O4S/c1-14-9-8-12-19(15(14)2)27-22(29)17(4)28-13-26-23-20(24(28)30)16(3)21(33-23)25(31)32-18-10-6-5-7-11-18/h8-9,12-13,17-18H,5-7,10-11H2,1-4H3,(H,27,29). The molecule has 0 saturated heterocycles. The third-order valence-electron chi connectivity index (χ3n) is 6.55. The molecule has 174 valence electrons. The minimum Gasteiger partial charge on any atom is -0.458 e. The van der Waals surface area contributed by atoms with Gasteiger partial charge >= 0.3 is 5.97 Å². The minimum atomic E-state index is -0.772. The maximum Gasteiger partial charge on any atom is 0.348 e. The zero-order valence-corrected chi connectivity index (χ0v) is 20.3. The number of carbonyl (C=O) groups excluding carboxylic acids is 2. The fourth-order valence-corrected chi connectivity index (χ4v) is 5.27. The fraction of sp³-hybridized carbons (Fsp3) is 0.440. The second-order valence-corrected chi connectivity index (χ2v) is 9.77. The molecule has 4 rings (SSSR count). The van der Waals surface area contributed by atoms with Gasteiger partial charge in [-0.1, -0.05) is 18.6 Å². The number of carbonyl (C=O) groups is 2. The lowest BCUT2D eigenvalue weighted by molar-refractivity contribution is -0.118. The summed E-state index contributed by atoms with van der Waals surface area (Å²) in [5, 5.41) is 3.28. The van der Waals surface area contributed by atoms with Crippen LogP contribution < -0.4 is 10.9 Å². The van der Waals surface area contributed by atoms with Crippen LogP contribution in [0.2, 0.25) is 0 Å². The lowest BCUT2D eigenvalue weighted by Gasteiger charge is -2.21. The molecule has 1 atom stereocenters. The molecule has 1 fully saturated rings. The zero-order valence-electron chi connectivity index (χ0n) is 19.4. The summed E-state index contributed by atoms with van der Waals surface area (Å²) in [6.07, 6.45) is 6.39. The fourth-order valence-electron chi connectivity index (χ4n) is 4.25. The van der Waals surface area contributed by atoms with Crippen LogP contribution in [-0.4, -0.2) is 27.5 Å². The van der Waals surface area contributed by atoms with Gasteiger partial charge in [0.15, 0.2) is 0 Å². The highest BCUT2D eigenvalue weighted by atomic mass is 32.1. The Morgan fingerprint density at radius 3 is 2.61 bits per heavy atom. The smallest absolute Gasteiger partial charge is 0.348 e. The first-order valence-electron chi connectivity index (χ1n) is 11.4. The number of fused-ring (bicyclic) bond motifs is 1. The molecule has 0 bridgehead atoms. The summed E-state index contributed by atoms with van der Waals surface area (Å²) in [5.74, 6) is -0.703. The maximum atomic E-state index is 13.3. The van der Waals surface area contributed by atoms with Gasteiger partial charge in [0.05, 0.1) is 11.7 Å². The van der Waals surface area contributed by atoms with Gasteiger partial charge in [-0.25, -0.2) is 9.78 Å². The van der Waals surface area contributed by atoms with Crippen LogP contribution in [0.1, 0.15) is 71.4 Å². The van der Waals surface area contributed by atoms with Crippen molar-refractivity contribution in [2.24, 2.45) is 0 Å². The van der Waals surface area contributed by atoms with Gasteiger partial charge in [-0.2, -0.15) is 0 Å². The average Bonchev–Trinajstić information content (AvgIpc) is 3.14. The van der Waals surface area contributed by atoms with Crippen molar-refractivity contribution in [1.82, 2.24) is 9.55 Å². The molecule has 0 spiro atoms. The number of nitrogens with zero attached hydrogens (tertiary/aromatic N) is 2. The highest BCUT2D eigenvalue weighted by Gasteiger charge is 2.26. The second-order valence-electron chi connectivity index (χ2n) is 8.77. The maximum absolute atomic E-state index is 13.3. The molecule has 7 nitrogen and oxygen atoms in total. The number of benzene rings is 1. The summed E-state index contributed by atoms with van der Waals surface area (Å²) in [6, 6.07) is 4.92. The van der Waals surface area contributed by atoms with Crippen molar-refractivity contribution in [2.75, 3.05) is 5.32 Å². The first-order chi connectivity index (χ1) is 15.8. The third kappa shape index (κ3) is 4.57. The van der Waals surface area contributed by atoms with E-state index in [0.717, 1.165) is 36.8 Å². The van der Waals surface area contributed by atoms with Crippen molar-refractivity contribution in [3.63, 3.8) is 0 Å². The Hall–Kier alpha value is -3.00. The summed E-state index contributed by atoms with van der Waals surface area (Å²) < 4.78 is 7.02.